The Labute approximate surface area is 96.6 Å². The summed E-state index contributed by atoms with van der Waals surface area (Å²) in [6.07, 6.45) is 1.40. The van der Waals surface area contributed by atoms with Crippen LogP contribution in [0.3, 0.4) is 0 Å². The molecule has 0 aliphatic carbocycles. The summed E-state index contributed by atoms with van der Waals surface area (Å²) in [4.78, 5) is 22.0. The zero-order valence-electron chi connectivity index (χ0n) is 8.68. The molecule has 1 atom stereocenters. The van der Waals surface area contributed by atoms with E-state index < -0.39 is 18.0 Å². The molecule has 0 spiro atoms. The lowest BCUT2D eigenvalue weighted by molar-refractivity contribution is -0.133. The quantitative estimate of drug-likeness (QED) is 0.605. The second kappa shape index (κ2) is 4.17. The smallest absolute Gasteiger partial charge is 0.352 e. The van der Waals surface area contributed by atoms with Crippen molar-refractivity contribution in [2.45, 2.75) is 6.04 Å². The van der Waals surface area contributed by atoms with Gasteiger partial charge in [0, 0.05) is 0 Å². The standard InChI is InChI=1S/C11H10N2O4/c14-7-3-1-6(2-4-7)8-5-9(10(15)16)13-11(17)12-8/h1-5,8,14H,(H,15,16)(H2,12,13,17). The van der Waals surface area contributed by atoms with Gasteiger partial charge in [0.2, 0.25) is 0 Å². The summed E-state index contributed by atoms with van der Waals surface area (Å²) in [6, 6.07) is 5.08. The number of phenols is 1. The van der Waals surface area contributed by atoms with E-state index in [9.17, 15) is 9.59 Å². The number of carbonyl (C=O) groups excluding carboxylic acids is 1. The number of aromatic hydroxyl groups is 1. The number of hydrogen-bond donors (Lipinski definition) is 4. The number of nitrogens with one attached hydrogen (secondary N) is 2. The molecule has 1 unspecified atom stereocenters. The number of hydrogen-bond acceptors (Lipinski definition) is 3. The third kappa shape index (κ3) is 2.36. The second-order valence-corrected chi connectivity index (χ2v) is 3.55. The predicted octanol–water partition coefficient (Wildman–Crippen LogP) is 0.715. The second-order valence-electron chi connectivity index (χ2n) is 3.55. The van der Waals surface area contributed by atoms with E-state index in [1.807, 2.05) is 0 Å². The van der Waals surface area contributed by atoms with Crippen LogP contribution in [0.15, 0.2) is 36.0 Å². The Morgan fingerprint density at radius 3 is 2.47 bits per heavy atom. The van der Waals surface area contributed by atoms with Gasteiger partial charge in [-0.2, -0.15) is 0 Å². The first-order valence-corrected chi connectivity index (χ1v) is 4.88. The molecule has 1 aliphatic rings. The third-order valence-electron chi connectivity index (χ3n) is 2.35. The van der Waals surface area contributed by atoms with E-state index in [0.29, 0.717) is 5.56 Å². The fraction of sp³-hybridized carbons (Fsp3) is 0.0909. The van der Waals surface area contributed by atoms with Crippen LogP contribution in [-0.2, 0) is 4.79 Å². The molecular weight excluding hydrogens is 224 g/mol. The van der Waals surface area contributed by atoms with Crippen molar-refractivity contribution >= 4 is 12.0 Å². The molecule has 1 heterocycles. The highest BCUT2D eigenvalue weighted by Crippen LogP contribution is 2.20. The minimum absolute atomic E-state index is 0.108. The first-order chi connectivity index (χ1) is 8.06. The average Bonchev–Trinajstić information content (AvgIpc) is 2.29. The molecule has 1 aromatic carbocycles. The van der Waals surface area contributed by atoms with Gasteiger partial charge in [0.25, 0.3) is 0 Å². The molecule has 1 aromatic rings. The molecule has 2 amide bonds. The van der Waals surface area contributed by atoms with Crippen molar-refractivity contribution in [2.75, 3.05) is 0 Å². The number of carboxylic acid groups (broad SMARTS) is 1. The number of carboxylic acids is 1. The summed E-state index contributed by atoms with van der Waals surface area (Å²) in [6.45, 7) is 0. The van der Waals surface area contributed by atoms with Crippen LogP contribution in [0.5, 0.6) is 5.75 Å². The van der Waals surface area contributed by atoms with Crippen molar-refractivity contribution in [2.24, 2.45) is 0 Å². The summed E-state index contributed by atoms with van der Waals surface area (Å²) in [5.41, 5.74) is 0.531. The van der Waals surface area contributed by atoms with E-state index in [2.05, 4.69) is 10.6 Å². The maximum atomic E-state index is 11.3. The summed E-state index contributed by atoms with van der Waals surface area (Å²) < 4.78 is 0. The lowest BCUT2D eigenvalue weighted by Crippen LogP contribution is -2.43. The summed E-state index contributed by atoms with van der Waals surface area (Å²) in [5, 5.41) is 22.7. The Kier molecular flexibility index (Phi) is 2.70. The Hall–Kier alpha value is -2.50. The first kappa shape index (κ1) is 11.0. The third-order valence-corrected chi connectivity index (χ3v) is 2.35. The number of carbonyl (C=O) groups is 2. The highest BCUT2D eigenvalue weighted by atomic mass is 16.4. The molecule has 0 bridgehead atoms. The Bertz CT molecular complexity index is 493. The zero-order chi connectivity index (χ0) is 12.4. The maximum absolute atomic E-state index is 11.3. The normalized spacial score (nSPS) is 18.9. The van der Waals surface area contributed by atoms with Gasteiger partial charge in [-0.25, -0.2) is 9.59 Å². The minimum Gasteiger partial charge on any atom is -0.508 e. The highest BCUT2D eigenvalue weighted by molar-refractivity contribution is 5.93. The maximum Gasteiger partial charge on any atom is 0.352 e. The molecule has 6 nitrogen and oxygen atoms in total. The number of amides is 2. The zero-order valence-corrected chi connectivity index (χ0v) is 8.68. The van der Waals surface area contributed by atoms with Crippen LogP contribution in [0.1, 0.15) is 11.6 Å². The van der Waals surface area contributed by atoms with Crippen molar-refractivity contribution in [1.29, 1.82) is 0 Å². The van der Waals surface area contributed by atoms with E-state index in [1.165, 1.54) is 18.2 Å². The van der Waals surface area contributed by atoms with Gasteiger partial charge in [-0.05, 0) is 23.8 Å². The van der Waals surface area contributed by atoms with E-state index >= 15 is 0 Å². The number of urea groups is 1. The summed E-state index contributed by atoms with van der Waals surface area (Å²) in [7, 11) is 0. The van der Waals surface area contributed by atoms with Gasteiger partial charge in [-0.1, -0.05) is 12.1 Å². The van der Waals surface area contributed by atoms with Crippen LogP contribution < -0.4 is 10.6 Å². The molecule has 0 aromatic heterocycles. The number of aliphatic carboxylic acids is 1. The number of phenolic OH excluding ortho intramolecular Hbond substituents is 1. The van der Waals surface area contributed by atoms with Gasteiger partial charge < -0.3 is 20.8 Å². The van der Waals surface area contributed by atoms with Gasteiger partial charge in [-0.15, -0.1) is 0 Å². The van der Waals surface area contributed by atoms with E-state index in [0.717, 1.165) is 0 Å². The summed E-state index contributed by atoms with van der Waals surface area (Å²) >= 11 is 0. The SMILES string of the molecule is O=C1NC(C(=O)O)=CC(c2ccc(O)cc2)N1. The van der Waals surface area contributed by atoms with Crippen molar-refractivity contribution in [3.63, 3.8) is 0 Å². The predicted molar refractivity (Wildman–Crippen MR) is 58.2 cm³/mol. The fourth-order valence-corrected chi connectivity index (χ4v) is 1.54. The molecule has 88 valence electrons. The van der Waals surface area contributed by atoms with Gasteiger partial charge in [0.05, 0.1) is 6.04 Å². The summed E-state index contributed by atoms with van der Waals surface area (Å²) in [5.74, 6) is -1.08. The van der Waals surface area contributed by atoms with E-state index in [4.69, 9.17) is 10.2 Å². The Morgan fingerprint density at radius 2 is 1.88 bits per heavy atom. The monoisotopic (exact) mass is 234 g/mol. The molecule has 2 rings (SSSR count). The molecule has 0 saturated carbocycles. The van der Waals surface area contributed by atoms with Crippen LogP contribution in [0.25, 0.3) is 0 Å². The molecular formula is C11H10N2O4. The Balaban J connectivity index is 2.32. The number of benzene rings is 1. The highest BCUT2D eigenvalue weighted by Gasteiger charge is 2.22. The molecule has 0 saturated heterocycles. The van der Waals surface area contributed by atoms with Crippen molar-refractivity contribution in [3.8, 4) is 5.75 Å². The van der Waals surface area contributed by atoms with Crippen LogP contribution in [0, 0.1) is 0 Å². The average molecular weight is 234 g/mol. The van der Waals surface area contributed by atoms with E-state index in [-0.39, 0.29) is 11.4 Å². The molecule has 4 N–H and O–H groups in total. The lowest BCUT2D eigenvalue weighted by Gasteiger charge is -2.22. The van der Waals surface area contributed by atoms with Gasteiger partial charge in [0.15, 0.2) is 0 Å². The molecule has 0 fully saturated rings. The first-order valence-electron chi connectivity index (χ1n) is 4.88. The lowest BCUT2D eigenvalue weighted by atomic mass is 10.0. The molecule has 0 radical (unpaired) electrons. The molecule has 17 heavy (non-hydrogen) atoms. The number of rotatable bonds is 2. The molecule has 6 heteroatoms. The van der Waals surface area contributed by atoms with Crippen LogP contribution in [0.4, 0.5) is 4.79 Å². The molecule has 1 aliphatic heterocycles. The van der Waals surface area contributed by atoms with Gasteiger partial charge >= 0.3 is 12.0 Å². The van der Waals surface area contributed by atoms with E-state index in [1.54, 1.807) is 12.1 Å². The Morgan fingerprint density at radius 1 is 1.24 bits per heavy atom. The van der Waals surface area contributed by atoms with Crippen molar-refractivity contribution in [3.05, 3.63) is 41.6 Å². The van der Waals surface area contributed by atoms with Gasteiger partial charge in [-0.3, -0.25) is 0 Å². The van der Waals surface area contributed by atoms with Crippen molar-refractivity contribution in [1.82, 2.24) is 10.6 Å². The minimum atomic E-state index is -1.19. The van der Waals surface area contributed by atoms with Crippen LogP contribution in [-0.4, -0.2) is 22.2 Å². The van der Waals surface area contributed by atoms with Crippen molar-refractivity contribution < 1.29 is 19.8 Å². The van der Waals surface area contributed by atoms with Crippen LogP contribution >= 0.6 is 0 Å². The van der Waals surface area contributed by atoms with Crippen LogP contribution in [0.2, 0.25) is 0 Å². The fourth-order valence-electron chi connectivity index (χ4n) is 1.54. The topological polar surface area (TPSA) is 98.7 Å². The van der Waals surface area contributed by atoms with Gasteiger partial charge in [0.1, 0.15) is 11.4 Å². The largest absolute Gasteiger partial charge is 0.508 e.